The van der Waals surface area contributed by atoms with Gasteiger partial charge in [-0.2, -0.15) is 5.26 Å². The fourth-order valence-corrected chi connectivity index (χ4v) is 4.61. The van der Waals surface area contributed by atoms with E-state index in [-0.39, 0.29) is 23.5 Å². The number of carbonyl (C=O) groups is 1. The number of piperazine rings is 1. The second kappa shape index (κ2) is 8.01. The van der Waals surface area contributed by atoms with E-state index >= 15 is 0 Å². The summed E-state index contributed by atoms with van der Waals surface area (Å²) in [6.45, 7) is 12.7. The molecule has 1 fully saturated rings. The standard InChI is InChI=1S/C24H30N4O3/c1-15(2)21-20-14-31-24(4,5)10-18(20)19(11-25)22(26-21)27-7-8-28(16(3)12-27)23(29)17-6-9-30-13-17/h6,9,13,15-16H,7-8,10,12,14H2,1-5H3/t16-/m1/s1. The van der Waals surface area contributed by atoms with Gasteiger partial charge in [-0.3, -0.25) is 4.79 Å². The predicted molar refractivity (Wildman–Crippen MR) is 117 cm³/mol. The number of anilines is 1. The van der Waals surface area contributed by atoms with E-state index in [9.17, 15) is 10.1 Å². The minimum absolute atomic E-state index is 0.0113. The molecule has 2 aromatic heterocycles. The molecule has 31 heavy (non-hydrogen) atoms. The maximum atomic E-state index is 12.8. The Morgan fingerprint density at radius 3 is 2.71 bits per heavy atom. The summed E-state index contributed by atoms with van der Waals surface area (Å²) in [6, 6.07) is 4.13. The zero-order valence-corrected chi connectivity index (χ0v) is 18.9. The highest BCUT2D eigenvalue weighted by Gasteiger charge is 2.35. The predicted octanol–water partition coefficient (Wildman–Crippen LogP) is 3.87. The molecule has 1 amide bonds. The van der Waals surface area contributed by atoms with Crippen LogP contribution in [0.1, 0.15) is 73.3 Å². The molecule has 1 saturated heterocycles. The van der Waals surface area contributed by atoms with Crippen molar-refractivity contribution in [3.05, 3.63) is 46.5 Å². The molecule has 1 atom stereocenters. The first-order valence-corrected chi connectivity index (χ1v) is 10.9. The number of ether oxygens (including phenoxy) is 1. The number of amides is 1. The summed E-state index contributed by atoms with van der Waals surface area (Å²) in [7, 11) is 0. The van der Waals surface area contributed by atoms with E-state index < -0.39 is 0 Å². The number of nitrogens with zero attached hydrogens (tertiary/aromatic N) is 4. The lowest BCUT2D eigenvalue weighted by Crippen LogP contribution is -2.54. The van der Waals surface area contributed by atoms with Gasteiger partial charge in [-0.1, -0.05) is 13.8 Å². The fraction of sp³-hybridized carbons (Fsp3) is 0.542. The Morgan fingerprint density at radius 2 is 2.10 bits per heavy atom. The van der Waals surface area contributed by atoms with E-state index in [1.54, 1.807) is 6.07 Å². The summed E-state index contributed by atoms with van der Waals surface area (Å²) >= 11 is 0. The van der Waals surface area contributed by atoms with Crippen LogP contribution in [0.25, 0.3) is 0 Å². The molecule has 0 bridgehead atoms. The molecule has 2 aromatic rings. The zero-order chi connectivity index (χ0) is 22.3. The first kappa shape index (κ1) is 21.4. The van der Waals surface area contributed by atoms with Crippen molar-refractivity contribution in [2.24, 2.45) is 0 Å². The minimum atomic E-state index is -0.311. The Hall–Kier alpha value is -2.85. The van der Waals surface area contributed by atoms with Crippen molar-refractivity contribution in [3.63, 3.8) is 0 Å². The molecule has 0 aliphatic carbocycles. The number of hydrogen-bond acceptors (Lipinski definition) is 6. The van der Waals surface area contributed by atoms with Gasteiger partial charge in [0, 0.05) is 37.7 Å². The number of fused-ring (bicyclic) bond motifs is 1. The second-order valence-electron chi connectivity index (χ2n) is 9.45. The summed E-state index contributed by atoms with van der Waals surface area (Å²) in [5.41, 5.74) is 4.04. The highest BCUT2D eigenvalue weighted by atomic mass is 16.5. The molecule has 2 aliphatic rings. The van der Waals surface area contributed by atoms with Gasteiger partial charge in [0.25, 0.3) is 5.91 Å². The molecule has 4 rings (SSSR count). The van der Waals surface area contributed by atoms with Gasteiger partial charge in [0.2, 0.25) is 0 Å². The van der Waals surface area contributed by atoms with Gasteiger partial charge in [-0.05, 0) is 38.3 Å². The lowest BCUT2D eigenvalue weighted by atomic mass is 9.86. The third kappa shape index (κ3) is 3.92. The molecule has 164 valence electrons. The van der Waals surface area contributed by atoms with Gasteiger partial charge in [0.15, 0.2) is 0 Å². The lowest BCUT2D eigenvalue weighted by Gasteiger charge is -2.41. The van der Waals surface area contributed by atoms with E-state index in [0.29, 0.717) is 43.8 Å². The van der Waals surface area contributed by atoms with Crippen LogP contribution in [0.3, 0.4) is 0 Å². The van der Waals surface area contributed by atoms with E-state index in [4.69, 9.17) is 14.1 Å². The Balaban J connectivity index is 1.68. The van der Waals surface area contributed by atoms with Gasteiger partial charge in [0.1, 0.15) is 18.2 Å². The van der Waals surface area contributed by atoms with Crippen LogP contribution in [0.2, 0.25) is 0 Å². The van der Waals surface area contributed by atoms with E-state index in [1.807, 2.05) is 11.8 Å². The lowest BCUT2D eigenvalue weighted by molar-refractivity contribution is -0.0408. The van der Waals surface area contributed by atoms with Crippen molar-refractivity contribution < 1.29 is 13.9 Å². The van der Waals surface area contributed by atoms with Crippen LogP contribution in [-0.2, 0) is 17.8 Å². The van der Waals surface area contributed by atoms with Crippen LogP contribution >= 0.6 is 0 Å². The molecular weight excluding hydrogens is 392 g/mol. The highest BCUT2D eigenvalue weighted by Crippen LogP contribution is 2.38. The number of nitriles is 1. The fourth-order valence-electron chi connectivity index (χ4n) is 4.61. The van der Waals surface area contributed by atoms with E-state index in [2.05, 4.69) is 38.7 Å². The summed E-state index contributed by atoms with van der Waals surface area (Å²) < 4.78 is 11.1. The first-order valence-electron chi connectivity index (χ1n) is 10.9. The maximum absolute atomic E-state index is 12.8. The third-order valence-electron chi connectivity index (χ3n) is 6.25. The average Bonchev–Trinajstić information content (AvgIpc) is 3.26. The van der Waals surface area contributed by atoms with E-state index in [1.165, 1.54) is 12.5 Å². The summed E-state index contributed by atoms with van der Waals surface area (Å²) in [6.07, 6.45) is 3.69. The van der Waals surface area contributed by atoms with Crippen LogP contribution in [0.4, 0.5) is 5.82 Å². The van der Waals surface area contributed by atoms with Crippen LogP contribution in [0.15, 0.2) is 23.0 Å². The van der Waals surface area contributed by atoms with Gasteiger partial charge >= 0.3 is 0 Å². The van der Waals surface area contributed by atoms with Crippen molar-refractivity contribution in [3.8, 4) is 6.07 Å². The Morgan fingerprint density at radius 1 is 1.32 bits per heavy atom. The topological polar surface area (TPSA) is 82.6 Å². The summed E-state index contributed by atoms with van der Waals surface area (Å²) in [5, 5.41) is 10.1. The maximum Gasteiger partial charge on any atom is 0.257 e. The molecule has 7 nitrogen and oxygen atoms in total. The smallest absolute Gasteiger partial charge is 0.257 e. The molecule has 2 aliphatic heterocycles. The molecule has 4 heterocycles. The molecule has 0 spiro atoms. The minimum Gasteiger partial charge on any atom is -0.472 e. The molecule has 7 heteroatoms. The average molecular weight is 423 g/mol. The van der Waals surface area contributed by atoms with Gasteiger partial charge in [-0.25, -0.2) is 4.98 Å². The first-order chi connectivity index (χ1) is 14.7. The van der Waals surface area contributed by atoms with Crippen LogP contribution in [0.5, 0.6) is 0 Å². The normalized spacial score (nSPS) is 20.5. The van der Waals surface area contributed by atoms with Crippen molar-refractivity contribution in [1.29, 1.82) is 5.26 Å². The Labute approximate surface area is 183 Å². The monoisotopic (exact) mass is 422 g/mol. The number of furan rings is 1. The van der Waals surface area contributed by atoms with Crippen molar-refractivity contribution >= 4 is 11.7 Å². The van der Waals surface area contributed by atoms with Crippen molar-refractivity contribution in [1.82, 2.24) is 9.88 Å². The van der Waals surface area contributed by atoms with Crippen LogP contribution in [0, 0.1) is 11.3 Å². The molecule has 0 N–H and O–H groups in total. The molecule has 0 radical (unpaired) electrons. The van der Waals surface area contributed by atoms with Gasteiger partial charge in [0.05, 0.1) is 35.3 Å². The zero-order valence-electron chi connectivity index (χ0n) is 18.9. The molecule has 0 saturated carbocycles. The van der Waals surface area contributed by atoms with Gasteiger partial charge in [-0.15, -0.1) is 0 Å². The van der Waals surface area contributed by atoms with Crippen LogP contribution in [-0.4, -0.2) is 47.1 Å². The SMILES string of the molecule is CC(C)c1nc(N2CCN(C(=O)c3ccoc3)[C@H](C)C2)c(C#N)c2c1COC(C)(C)C2. The van der Waals surface area contributed by atoms with Crippen molar-refractivity contribution in [2.75, 3.05) is 24.5 Å². The molecule has 0 unspecified atom stereocenters. The van der Waals surface area contributed by atoms with E-state index in [0.717, 1.165) is 22.6 Å². The molecular formula is C24H30N4O3. The quantitative estimate of drug-likeness (QED) is 0.747. The summed E-state index contributed by atoms with van der Waals surface area (Å²) in [5.74, 6) is 0.943. The number of carbonyl (C=O) groups excluding carboxylic acids is 1. The Kier molecular flexibility index (Phi) is 5.52. The van der Waals surface area contributed by atoms with Gasteiger partial charge < -0.3 is 19.0 Å². The third-order valence-corrected chi connectivity index (χ3v) is 6.25. The molecule has 0 aromatic carbocycles. The van der Waals surface area contributed by atoms with Crippen LogP contribution < -0.4 is 4.90 Å². The second-order valence-corrected chi connectivity index (χ2v) is 9.45. The number of hydrogen-bond donors (Lipinski definition) is 0. The largest absolute Gasteiger partial charge is 0.472 e. The Bertz CT molecular complexity index is 1020. The summed E-state index contributed by atoms with van der Waals surface area (Å²) in [4.78, 5) is 21.8. The number of rotatable bonds is 3. The highest BCUT2D eigenvalue weighted by molar-refractivity contribution is 5.94. The number of pyridine rings is 1. The van der Waals surface area contributed by atoms with Crippen molar-refractivity contribution in [2.45, 2.75) is 65.2 Å². The number of aromatic nitrogens is 1.